The number of esters is 1. The molecular formula is C53H79ClN2O6. The van der Waals surface area contributed by atoms with Gasteiger partial charge in [0.15, 0.2) is 5.78 Å². The molecule has 0 spiro atoms. The molecule has 0 radical (unpaired) electrons. The third-order valence-electron chi connectivity index (χ3n) is 19.9. The molecule has 6 aliphatic carbocycles. The van der Waals surface area contributed by atoms with E-state index in [-0.39, 0.29) is 51.0 Å². The van der Waals surface area contributed by atoms with Crippen LogP contribution in [0.4, 0.5) is 0 Å². The van der Waals surface area contributed by atoms with Gasteiger partial charge in [-0.15, -0.1) is 0 Å². The minimum absolute atomic E-state index is 0.0880. The Bertz CT molecular complexity index is 1930. The molecular weight excluding hydrogens is 796 g/mol. The minimum atomic E-state index is -0.818. The molecule has 0 bridgehead atoms. The molecule has 8 rings (SSSR count). The molecule has 6 fully saturated rings. The van der Waals surface area contributed by atoms with Gasteiger partial charge in [0.2, 0.25) is 0 Å². The number of carboxylic acid groups (broad SMARTS) is 1. The highest BCUT2D eigenvalue weighted by Gasteiger charge is 2.70. The highest BCUT2D eigenvalue weighted by atomic mass is 35.5. The second kappa shape index (κ2) is 16.8. The molecule has 7 aliphatic rings. The maximum Gasteiger partial charge on any atom is 0.309 e. The quantitative estimate of drug-likeness (QED) is 0.149. The number of Topliss-reactive ketones (excluding diaryl/α,β-unsaturated/α-hetero) is 1. The SMILES string of the molecule is CC(C)C1=C2C3CC[C@H]4C(C)(CC[C@H]5C(C)(C)[C@@H](OC(=O)[C@H]6C[C@@H](C(=O)O)C6(C)C)CC[C@@]54C)[C@]3(C)CC[C@@]2(CCNCc2ccc(Cl)cc2OCCN2CCCCC2)CC1=O. The molecule has 1 aromatic carbocycles. The predicted octanol–water partition coefficient (Wildman–Crippen LogP) is 11.3. The van der Waals surface area contributed by atoms with Crippen molar-refractivity contribution in [2.45, 2.75) is 165 Å². The Morgan fingerprint density at radius 1 is 0.887 bits per heavy atom. The minimum Gasteiger partial charge on any atom is -0.492 e. The Morgan fingerprint density at radius 3 is 2.32 bits per heavy atom. The third kappa shape index (κ3) is 7.52. The molecule has 8 nitrogen and oxygen atoms in total. The van der Waals surface area contributed by atoms with Gasteiger partial charge in [-0.1, -0.05) is 92.0 Å². The van der Waals surface area contributed by atoms with Gasteiger partial charge in [0.1, 0.15) is 18.5 Å². The van der Waals surface area contributed by atoms with E-state index in [1.807, 2.05) is 26.0 Å². The summed E-state index contributed by atoms with van der Waals surface area (Å²) in [5.41, 5.74) is 3.29. The van der Waals surface area contributed by atoms with Crippen LogP contribution in [0, 0.1) is 68.0 Å². The average molecular weight is 876 g/mol. The highest BCUT2D eigenvalue weighted by Crippen LogP contribution is 2.77. The van der Waals surface area contributed by atoms with Crippen molar-refractivity contribution >= 4 is 29.3 Å². The standard InChI is InChI=1S/C53H79ClN2O6/c1-33(2)44-39(57)31-53(23-24-55-32-34-13-14-35(54)29-40(34)61-28-27-56-25-11-10-12-26-56)22-21-51(8)36(45(44)53)15-16-42-50(7)19-18-43(49(5,6)41(50)17-20-52(42,51)9)62-47(60)38-30-37(46(58)59)48(38,3)4/h13-14,29,33,36-38,41-43,55H,10-12,15-28,30-32H2,1-9H3,(H,58,59)/t36?,37-,38+,41-,42+,43-,50-,51+,52?,53+/m0/s1. The smallest absolute Gasteiger partial charge is 0.309 e. The van der Waals surface area contributed by atoms with Crippen LogP contribution < -0.4 is 10.1 Å². The number of halogens is 1. The fourth-order valence-corrected chi connectivity index (χ4v) is 16.2. The van der Waals surface area contributed by atoms with Crippen molar-refractivity contribution in [2.24, 2.45) is 68.0 Å². The zero-order valence-corrected chi connectivity index (χ0v) is 40.5. The monoisotopic (exact) mass is 875 g/mol. The van der Waals surface area contributed by atoms with Crippen molar-refractivity contribution in [3.63, 3.8) is 0 Å². The maximum absolute atomic E-state index is 14.3. The lowest BCUT2D eigenvalue weighted by molar-refractivity contribution is -0.236. The van der Waals surface area contributed by atoms with Crippen LogP contribution in [-0.2, 0) is 25.7 Å². The number of allylic oxidation sites excluding steroid dienone is 2. The van der Waals surface area contributed by atoms with Crippen molar-refractivity contribution < 1.29 is 29.0 Å². The lowest BCUT2D eigenvalue weighted by Crippen LogP contribution is -2.66. The number of carboxylic acids is 1. The molecule has 0 amide bonds. The van der Waals surface area contributed by atoms with Crippen molar-refractivity contribution in [2.75, 3.05) is 32.8 Å². The van der Waals surface area contributed by atoms with Crippen molar-refractivity contribution in [1.29, 1.82) is 0 Å². The summed E-state index contributed by atoms with van der Waals surface area (Å²) in [5, 5.41) is 14.2. The average Bonchev–Trinajstić information content (AvgIpc) is 3.50. The number of ketones is 1. The van der Waals surface area contributed by atoms with E-state index in [0.717, 1.165) is 94.4 Å². The first kappa shape index (κ1) is 46.1. The molecule has 1 heterocycles. The van der Waals surface area contributed by atoms with Gasteiger partial charge in [-0.2, -0.15) is 0 Å². The van der Waals surface area contributed by atoms with Crippen LogP contribution in [0.15, 0.2) is 29.3 Å². The van der Waals surface area contributed by atoms with Gasteiger partial charge in [0.25, 0.3) is 0 Å². The number of hydrogen-bond acceptors (Lipinski definition) is 7. The van der Waals surface area contributed by atoms with E-state index in [2.05, 4.69) is 64.7 Å². The number of ether oxygens (including phenoxy) is 2. The highest BCUT2D eigenvalue weighted by molar-refractivity contribution is 6.30. The van der Waals surface area contributed by atoms with Crippen LogP contribution in [0.1, 0.15) is 158 Å². The number of hydrogen-bond donors (Lipinski definition) is 2. The van der Waals surface area contributed by atoms with E-state index in [1.165, 1.54) is 31.3 Å². The number of aliphatic carboxylic acids is 1. The predicted molar refractivity (Wildman–Crippen MR) is 246 cm³/mol. The molecule has 5 saturated carbocycles. The van der Waals surface area contributed by atoms with E-state index in [0.29, 0.717) is 54.6 Å². The van der Waals surface area contributed by atoms with Crippen LogP contribution >= 0.6 is 11.6 Å². The van der Waals surface area contributed by atoms with E-state index in [4.69, 9.17) is 21.1 Å². The van der Waals surface area contributed by atoms with Crippen LogP contribution in [-0.4, -0.2) is 66.6 Å². The Morgan fingerprint density at radius 2 is 1.63 bits per heavy atom. The first-order valence-electron chi connectivity index (χ1n) is 24.7. The number of nitrogens with zero attached hydrogens (tertiary/aromatic N) is 1. The Labute approximate surface area is 378 Å². The summed E-state index contributed by atoms with van der Waals surface area (Å²) >= 11 is 6.47. The van der Waals surface area contributed by atoms with E-state index in [1.54, 1.807) is 0 Å². The Kier molecular flexibility index (Phi) is 12.5. The number of likely N-dealkylation sites (tertiary alicyclic amines) is 1. The van der Waals surface area contributed by atoms with Gasteiger partial charge in [0, 0.05) is 40.9 Å². The topological polar surface area (TPSA) is 105 Å². The first-order valence-corrected chi connectivity index (χ1v) is 25.1. The second-order valence-electron chi connectivity index (χ2n) is 23.7. The fraction of sp³-hybridized carbons (Fsp3) is 0.792. The molecule has 62 heavy (non-hydrogen) atoms. The van der Waals surface area contributed by atoms with Crippen LogP contribution in [0.5, 0.6) is 5.75 Å². The molecule has 2 unspecified atom stereocenters. The zero-order valence-electron chi connectivity index (χ0n) is 39.7. The zero-order chi connectivity index (χ0) is 44.6. The summed E-state index contributed by atoms with van der Waals surface area (Å²) in [5.74, 6) is 0.971. The van der Waals surface area contributed by atoms with Crippen LogP contribution in [0.25, 0.3) is 0 Å². The number of benzene rings is 1. The molecule has 344 valence electrons. The van der Waals surface area contributed by atoms with E-state index < -0.39 is 17.3 Å². The Hall–Kier alpha value is -2.42. The van der Waals surface area contributed by atoms with Crippen molar-refractivity contribution in [3.05, 3.63) is 39.9 Å². The normalized spacial score (nSPS) is 38.7. The fourth-order valence-electron chi connectivity index (χ4n) is 16.0. The van der Waals surface area contributed by atoms with E-state index in [9.17, 15) is 19.5 Å². The van der Waals surface area contributed by atoms with Crippen LogP contribution in [0.2, 0.25) is 5.02 Å². The number of carbonyl (C=O) groups is 3. The lowest BCUT2D eigenvalue weighted by Gasteiger charge is -2.72. The molecule has 2 N–H and O–H groups in total. The van der Waals surface area contributed by atoms with E-state index >= 15 is 0 Å². The van der Waals surface area contributed by atoms with Crippen molar-refractivity contribution in [1.82, 2.24) is 10.2 Å². The molecule has 1 aliphatic heterocycles. The number of carbonyl (C=O) groups excluding carboxylic acids is 2. The molecule has 1 saturated heterocycles. The summed E-state index contributed by atoms with van der Waals surface area (Å²) in [6, 6.07) is 6.02. The molecule has 10 atom stereocenters. The summed E-state index contributed by atoms with van der Waals surface area (Å²) in [7, 11) is 0. The van der Waals surface area contributed by atoms with Gasteiger partial charge in [-0.05, 0) is 160 Å². The number of nitrogens with one attached hydrogen (secondary N) is 1. The third-order valence-corrected chi connectivity index (χ3v) is 20.1. The summed E-state index contributed by atoms with van der Waals surface area (Å²) in [6.45, 7) is 26.3. The molecule has 9 heteroatoms. The van der Waals surface area contributed by atoms with Gasteiger partial charge >= 0.3 is 11.9 Å². The van der Waals surface area contributed by atoms with Gasteiger partial charge in [0.05, 0.1) is 11.8 Å². The van der Waals surface area contributed by atoms with Crippen LogP contribution in [0.3, 0.4) is 0 Å². The summed E-state index contributed by atoms with van der Waals surface area (Å²) in [6.07, 6.45) is 14.4. The van der Waals surface area contributed by atoms with Gasteiger partial charge < -0.3 is 19.9 Å². The molecule has 0 aromatic heterocycles. The largest absolute Gasteiger partial charge is 0.492 e. The van der Waals surface area contributed by atoms with Gasteiger partial charge in [-0.25, -0.2) is 0 Å². The molecule has 1 aromatic rings. The van der Waals surface area contributed by atoms with Crippen molar-refractivity contribution in [3.8, 4) is 5.75 Å². The lowest BCUT2D eigenvalue weighted by atomic mass is 9.33. The second-order valence-corrected chi connectivity index (χ2v) is 24.1. The summed E-state index contributed by atoms with van der Waals surface area (Å²) < 4.78 is 12.8. The number of fused-ring (bicyclic) bond motifs is 7. The first-order chi connectivity index (χ1) is 29.2. The number of rotatable bonds is 13. The van der Waals surface area contributed by atoms with Gasteiger partial charge in [-0.3, -0.25) is 19.3 Å². The number of piperidine rings is 1. The maximum atomic E-state index is 14.3. The Balaban J connectivity index is 0.963. The summed E-state index contributed by atoms with van der Waals surface area (Å²) in [4.78, 5) is 42.3.